The van der Waals surface area contributed by atoms with Crippen molar-refractivity contribution in [1.29, 1.82) is 0 Å². The Morgan fingerprint density at radius 1 is 0.903 bits per heavy atom. The molecular weight excluding hydrogens is 396 g/mol. The van der Waals surface area contributed by atoms with Gasteiger partial charge in [0.1, 0.15) is 16.8 Å². The van der Waals surface area contributed by atoms with Crippen LogP contribution in [0.1, 0.15) is 37.8 Å². The van der Waals surface area contributed by atoms with Crippen molar-refractivity contribution in [2.24, 2.45) is 5.41 Å². The summed E-state index contributed by atoms with van der Waals surface area (Å²) in [5.41, 5.74) is -0.138. The fourth-order valence-corrected chi connectivity index (χ4v) is 4.94. The van der Waals surface area contributed by atoms with Gasteiger partial charge in [-0.1, -0.05) is 60.7 Å². The Morgan fingerprint density at radius 2 is 1.45 bits per heavy atom. The molecule has 0 aliphatic carbocycles. The molecule has 4 rings (SSSR count). The fourth-order valence-electron chi connectivity index (χ4n) is 4.94. The molecule has 0 saturated carbocycles. The first kappa shape index (κ1) is 21.1. The summed E-state index contributed by atoms with van der Waals surface area (Å²) in [7, 11) is 2.65. The van der Waals surface area contributed by atoms with Crippen LogP contribution in [0.3, 0.4) is 0 Å². The Bertz CT molecular complexity index is 989. The summed E-state index contributed by atoms with van der Waals surface area (Å²) >= 11 is 0. The SMILES string of the molecule is COC(=O)C1=C(C)OC2(C)OC(c3ccccc3)(c3ccccc3)CC2(C(=O)OC)C1. The molecule has 0 aromatic heterocycles. The van der Waals surface area contributed by atoms with E-state index < -0.39 is 28.7 Å². The molecule has 6 nitrogen and oxygen atoms in total. The zero-order valence-electron chi connectivity index (χ0n) is 18.1. The molecule has 6 heteroatoms. The molecule has 0 N–H and O–H groups in total. The van der Waals surface area contributed by atoms with Crippen molar-refractivity contribution in [2.45, 2.75) is 38.1 Å². The zero-order valence-corrected chi connectivity index (χ0v) is 18.1. The largest absolute Gasteiger partial charge is 0.468 e. The first-order valence-electron chi connectivity index (χ1n) is 10.2. The standard InChI is InChI=1S/C25H26O6/c1-17-20(21(26)28-3)15-24(22(27)29-4)16-25(31-23(24,2)30-17,18-11-7-5-8-12-18)19-13-9-6-10-14-19/h5-14H,15-16H2,1-4H3. The lowest BCUT2D eigenvalue weighted by Gasteiger charge is -2.43. The van der Waals surface area contributed by atoms with E-state index in [1.54, 1.807) is 13.8 Å². The highest BCUT2D eigenvalue weighted by atomic mass is 16.7. The lowest BCUT2D eigenvalue weighted by Crippen LogP contribution is -2.53. The Labute approximate surface area is 181 Å². The second-order valence-corrected chi connectivity index (χ2v) is 8.16. The number of hydrogen-bond acceptors (Lipinski definition) is 6. The summed E-state index contributed by atoms with van der Waals surface area (Å²) < 4.78 is 23.2. The highest BCUT2D eigenvalue weighted by Gasteiger charge is 2.71. The van der Waals surface area contributed by atoms with Crippen LogP contribution in [0.15, 0.2) is 72.0 Å². The van der Waals surface area contributed by atoms with Gasteiger partial charge in [-0.05, 0) is 18.1 Å². The summed E-state index contributed by atoms with van der Waals surface area (Å²) in [6, 6.07) is 19.5. The van der Waals surface area contributed by atoms with E-state index in [1.807, 2.05) is 60.7 Å². The molecule has 2 unspecified atom stereocenters. The van der Waals surface area contributed by atoms with Crippen LogP contribution in [0.2, 0.25) is 0 Å². The lowest BCUT2D eigenvalue weighted by atomic mass is 9.67. The molecule has 2 aliphatic heterocycles. The first-order chi connectivity index (χ1) is 14.8. The van der Waals surface area contributed by atoms with Gasteiger partial charge in [0, 0.05) is 19.8 Å². The van der Waals surface area contributed by atoms with Crippen LogP contribution in [0, 0.1) is 5.41 Å². The molecule has 2 aliphatic rings. The van der Waals surface area contributed by atoms with Crippen LogP contribution in [-0.4, -0.2) is 31.9 Å². The maximum absolute atomic E-state index is 13.3. The Morgan fingerprint density at radius 3 is 1.94 bits per heavy atom. The number of carbonyl (C=O) groups excluding carboxylic acids is 2. The molecular formula is C25H26O6. The van der Waals surface area contributed by atoms with Gasteiger partial charge in [0.25, 0.3) is 0 Å². The molecule has 162 valence electrons. The van der Waals surface area contributed by atoms with Crippen LogP contribution >= 0.6 is 0 Å². The van der Waals surface area contributed by atoms with E-state index in [0.29, 0.717) is 11.3 Å². The molecule has 2 heterocycles. The van der Waals surface area contributed by atoms with Gasteiger partial charge in [-0.3, -0.25) is 4.79 Å². The third-order valence-corrected chi connectivity index (χ3v) is 6.53. The third-order valence-electron chi connectivity index (χ3n) is 6.53. The summed E-state index contributed by atoms with van der Waals surface area (Å²) in [4.78, 5) is 25.8. The van der Waals surface area contributed by atoms with E-state index >= 15 is 0 Å². The van der Waals surface area contributed by atoms with Gasteiger partial charge >= 0.3 is 11.9 Å². The van der Waals surface area contributed by atoms with E-state index in [0.717, 1.165) is 11.1 Å². The Hall–Kier alpha value is -3.12. The average molecular weight is 422 g/mol. The number of allylic oxidation sites excluding steroid dienone is 1. The molecule has 0 bridgehead atoms. The molecule has 1 saturated heterocycles. The maximum Gasteiger partial charge on any atom is 0.337 e. The molecule has 2 aromatic carbocycles. The van der Waals surface area contributed by atoms with Gasteiger partial charge in [0.2, 0.25) is 5.79 Å². The van der Waals surface area contributed by atoms with E-state index in [4.69, 9.17) is 18.9 Å². The summed E-state index contributed by atoms with van der Waals surface area (Å²) in [5.74, 6) is -1.99. The van der Waals surface area contributed by atoms with E-state index in [-0.39, 0.29) is 12.8 Å². The van der Waals surface area contributed by atoms with Crippen molar-refractivity contribution < 1.29 is 28.5 Å². The number of rotatable bonds is 4. The maximum atomic E-state index is 13.3. The molecule has 0 amide bonds. The number of benzene rings is 2. The van der Waals surface area contributed by atoms with E-state index in [1.165, 1.54) is 14.2 Å². The summed E-state index contributed by atoms with van der Waals surface area (Å²) in [6.07, 6.45) is 0.334. The predicted molar refractivity (Wildman–Crippen MR) is 113 cm³/mol. The predicted octanol–water partition coefficient (Wildman–Crippen LogP) is 4.09. The van der Waals surface area contributed by atoms with Crippen molar-refractivity contribution in [2.75, 3.05) is 14.2 Å². The smallest absolute Gasteiger partial charge is 0.337 e. The number of methoxy groups -OCH3 is 2. The summed E-state index contributed by atoms with van der Waals surface area (Å²) in [5, 5.41) is 0. The first-order valence-corrected chi connectivity index (χ1v) is 10.2. The van der Waals surface area contributed by atoms with E-state index in [2.05, 4.69) is 0 Å². The molecule has 2 atom stereocenters. The van der Waals surface area contributed by atoms with Crippen LogP contribution in [0.4, 0.5) is 0 Å². The van der Waals surface area contributed by atoms with Crippen LogP contribution in [0.25, 0.3) is 0 Å². The Kier molecular flexibility index (Phi) is 5.13. The minimum atomic E-state index is -1.35. The fraction of sp³-hybridized carbons (Fsp3) is 0.360. The van der Waals surface area contributed by atoms with Gasteiger partial charge < -0.3 is 18.9 Å². The van der Waals surface area contributed by atoms with Crippen LogP contribution in [0.5, 0.6) is 0 Å². The topological polar surface area (TPSA) is 71.1 Å². The van der Waals surface area contributed by atoms with Gasteiger partial charge in [-0.25, -0.2) is 4.79 Å². The number of hydrogen-bond donors (Lipinski definition) is 0. The molecule has 0 spiro atoms. The minimum absolute atomic E-state index is 0.0934. The van der Waals surface area contributed by atoms with Crippen LogP contribution in [-0.2, 0) is 34.1 Å². The van der Waals surface area contributed by atoms with Crippen molar-refractivity contribution in [3.63, 3.8) is 0 Å². The van der Waals surface area contributed by atoms with Crippen molar-refractivity contribution in [3.05, 3.63) is 83.1 Å². The minimum Gasteiger partial charge on any atom is -0.468 e. The Balaban J connectivity index is 1.94. The van der Waals surface area contributed by atoms with Gasteiger partial charge in [0.05, 0.1) is 19.8 Å². The third kappa shape index (κ3) is 3.05. The second-order valence-electron chi connectivity index (χ2n) is 8.16. The van der Waals surface area contributed by atoms with Crippen molar-refractivity contribution in [1.82, 2.24) is 0 Å². The summed E-state index contributed by atoms with van der Waals surface area (Å²) in [6.45, 7) is 3.43. The number of fused-ring (bicyclic) bond motifs is 1. The average Bonchev–Trinajstić information content (AvgIpc) is 3.09. The number of carbonyl (C=O) groups is 2. The molecule has 0 radical (unpaired) electrons. The number of ether oxygens (including phenoxy) is 4. The zero-order chi connectivity index (χ0) is 22.3. The van der Waals surface area contributed by atoms with Gasteiger partial charge in [-0.2, -0.15) is 0 Å². The monoisotopic (exact) mass is 422 g/mol. The quantitative estimate of drug-likeness (QED) is 0.691. The highest BCUT2D eigenvalue weighted by molar-refractivity contribution is 5.91. The van der Waals surface area contributed by atoms with Gasteiger partial charge in [0.15, 0.2) is 0 Å². The highest BCUT2D eigenvalue weighted by Crippen LogP contribution is 2.63. The van der Waals surface area contributed by atoms with Crippen molar-refractivity contribution in [3.8, 4) is 0 Å². The normalized spacial score (nSPS) is 26.6. The second kappa shape index (κ2) is 7.54. The molecule has 31 heavy (non-hydrogen) atoms. The lowest BCUT2D eigenvalue weighted by molar-refractivity contribution is -0.261. The molecule has 1 fully saturated rings. The van der Waals surface area contributed by atoms with Gasteiger partial charge in [-0.15, -0.1) is 0 Å². The van der Waals surface area contributed by atoms with E-state index in [9.17, 15) is 9.59 Å². The van der Waals surface area contributed by atoms with Crippen molar-refractivity contribution >= 4 is 11.9 Å². The molecule has 2 aromatic rings. The van der Waals surface area contributed by atoms with Crippen LogP contribution < -0.4 is 0 Å². The number of esters is 2.